The Kier molecular flexibility index (Phi) is 3.05. The number of hydrogen-bond acceptors (Lipinski definition) is 4. The molecule has 106 valence electrons. The molecule has 4 nitrogen and oxygen atoms in total. The third kappa shape index (κ3) is 2.03. The number of fused-ring (bicyclic) bond motifs is 1. The van der Waals surface area contributed by atoms with Crippen LogP contribution < -0.4 is 5.56 Å². The summed E-state index contributed by atoms with van der Waals surface area (Å²) >= 11 is 1.41. The Balaban J connectivity index is 2.13. The van der Waals surface area contributed by atoms with Crippen molar-refractivity contribution < 1.29 is 0 Å². The first-order valence-electron chi connectivity index (χ1n) is 6.81. The zero-order valence-corrected chi connectivity index (χ0v) is 12.3. The van der Waals surface area contributed by atoms with Gasteiger partial charge in [-0.1, -0.05) is 30.3 Å². The summed E-state index contributed by atoms with van der Waals surface area (Å²) in [7, 11) is 0. The summed E-state index contributed by atoms with van der Waals surface area (Å²) in [5, 5.41) is 1.89. The standard InChI is InChI=1S/C17H11N3OS/c21-17-15-14(8-10-22-15)19-16(12-5-2-1-3-6-12)20(17)13-7-4-9-18-11-13/h1-11H. The lowest BCUT2D eigenvalue weighted by molar-refractivity contribution is 0.969. The van der Waals surface area contributed by atoms with Gasteiger partial charge >= 0.3 is 0 Å². The van der Waals surface area contributed by atoms with E-state index in [-0.39, 0.29) is 5.56 Å². The van der Waals surface area contributed by atoms with Gasteiger partial charge in [0.15, 0.2) is 0 Å². The lowest BCUT2D eigenvalue weighted by Crippen LogP contribution is -2.21. The molecule has 3 heterocycles. The number of pyridine rings is 1. The molecule has 0 aliphatic carbocycles. The van der Waals surface area contributed by atoms with Gasteiger partial charge in [0, 0.05) is 11.8 Å². The second-order valence-electron chi connectivity index (χ2n) is 4.79. The van der Waals surface area contributed by atoms with Crippen LogP contribution in [0.3, 0.4) is 0 Å². The van der Waals surface area contributed by atoms with Crippen LogP contribution in [0.4, 0.5) is 0 Å². The smallest absolute Gasteiger partial charge is 0.267 e. The van der Waals surface area contributed by atoms with Crippen molar-refractivity contribution in [3.05, 3.63) is 76.7 Å². The van der Waals surface area contributed by atoms with Crippen molar-refractivity contribution in [1.29, 1.82) is 0 Å². The molecule has 0 atom stereocenters. The predicted octanol–water partition coefficient (Wildman–Crippen LogP) is 3.51. The highest BCUT2D eigenvalue weighted by Gasteiger charge is 2.14. The van der Waals surface area contributed by atoms with E-state index in [2.05, 4.69) is 9.97 Å². The van der Waals surface area contributed by atoms with Crippen LogP contribution in [0.1, 0.15) is 0 Å². The maximum absolute atomic E-state index is 12.9. The molecule has 0 radical (unpaired) electrons. The van der Waals surface area contributed by atoms with E-state index in [9.17, 15) is 4.79 Å². The quantitative estimate of drug-likeness (QED) is 0.569. The van der Waals surface area contributed by atoms with E-state index >= 15 is 0 Å². The van der Waals surface area contributed by atoms with E-state index in [4.69, 9.17) is 0 Å². The first-order chi connectivity index (χ1) is 10.8. The Morgan fingerprint density at radius 2 is 1.86 bits per heavy atom. The van der Waals surface area contributed by atoms with Gasteiger partial charge in [0.2, 0.25) is 0 Å². The van der Waals surface area contributed by atoms with Gasteiger partial charge < -0.3 is 0 Å². The van der Waals surface area contributed by atoms with Crippen molar-refractivity contribution in [2.75, 3.05) is 0 Å². The fourth-order valence-electron chi connectivity index (χ4n) is 2.42. The van der Waals surface area contributed by atoms with Crippen molar-refractivity contribution in [3.8, 4) is 17.1 Å². The van der Waals surface area contributed by atoms with E-state index < -0.39 is 0 Å². The van der Waals surface area contributed by atoms with Crippen LogP contribution >= 0.6 is 11.3 Å². The summed E-state index contributed by atoms with van der Waals surface area (Å²) in [6.07, 6.45) is 3.36. The molecular weight excluding hydrogens is 294 g/mol. The van der Waals surface area contributed by atoms with Crippen LogP contribution in [-0.2, 0) is 0 Å². The number of aromatic nitrogens is 3. The zero-order valence-electron chi connectivity index (χ0n) is 11.5. The summed E-state index contributed by atoms with van der Waals surface area (Å²) < 4.78 is 2.28. The highest BCUT2D eigenvalue weighted by atomic mass is 32.1. The van der Waals surface area contributed by atoms with Gasteiger partial charge in [-0.15, -0.1) is 11.3 Å². The van der Waals surface area contributed by atoms with Crippen molar-refractivity contribution in [3.63, 3.8) is 0 Å². The fraction of sp³-hybridized carbons (Fsp3) is 0. The SMILES string of the molecule is O=c1c2sccc2nc(-c2ccccc2)n1-c1cccnc1. The second kappa shape index (κ2) is 5.20. The Morgan fingerprint density at radius 3 is 2.64 bits per heavy atom. The van der Waals surface area contributed by atoms with Gasteiger partial charge in [0.25, 0.3) is 5.56 Å². The van der Waals surface area contributed by atoms with Gasteiger partial charge in [0.1, 0.15) is 10.5 Å². The van der Waals surface area contributed by atoms with Crippen LogP contribution in [0.2, 0.25) is 0 Å². The van der Waals surface area contributed by atoms with Gasteiger partial charge in [-0.2, -0.15) is 0 Å². The average Bonchev–Trinajstić information content (AvgIpc) is 3.05. The molecule has 4 rings (SSSR count). The van der Waals surface area contributed by atoms with E-state index in [0.717, 1.165) is 11.1 Å². The molecule has 0 bridgehead atoms. The lowest BCUT2D eigenvalue weighted by atomic mass is 10.2. The minimum Gasteiger partial charge on any atom is -0.267 e. The molecule has 5 heteroatoms. The monoisotopic (exact) mass is 305 g/mol. The first-order valence-corrected chi connectivity index (χ1v) is 7.68. The van der Waals surface area contributed by atoms with Crippen molar-refractivity contribution >= 4 is 21.6 Å². The molecule has 4 aromatic rings. The Labute approximate surface area is 130 Å². The highest BCUT2D eigenvalue weighted by Crippen LogP contribution is 2.23. The number of rotatable bonds is 2. The van der Waals surface area contributed by atoms with Gasteiger partial charge in [-0.05, 0) is 23.6 Å². The Hall–Kier alpha value is -2.79. The number of benzene rings is 1. The molecule has 0 unspecified atom stereocenters. The summed E-state index contributed by atoms with van der Waals surface area (Å²) in [6.45, 7) is 0. The van der Waals surface area contributed by atoms with E-state index in [1.165, 1.54) is 11.3 Å². The van der Waals surface area contributed by atoms with E-state index in [1.54, 1.807) is 17.0 Å². The van der Waals surface area contributed by atoms with Crippen LogP contribution in [-0.4, -0.2) is 14.5 Å². The molecule has 0 amide bonds. The van der Waals surface area contributed by atoms with Crippen LogP contribution in [0.25, 0.3) is 27.3 Å². The van der Waals surface area contributed by atoms with E-state index in [0.29, 0.717) is 16.2 Å². The van der Waals surface area contributed by atoms with Crippen molar-refractivity contribution in [1.82, 2.24) is 14.5 Å². The normalized spacial score (nSPS) is 10.9. The van der Waals surface area contributed by atoms with Crippen molar-refractivity contribution in [2.24, 2.45) is 0 Å². The summed E-state index contributed by atoms with van der Waals surface area (Å²) in [6, 6.07) is 15.3. The number of hydrogen-bond donors (Lipinski definition) is 0. The third-order valence-electron chi connectivity index (χ3n) is 3.42. The first kappa shape index (κ1) is 12.9. The molecule has 0 aliphatic heterocycles. The zero-order chi connectivity index (χ0) is 14.9. The topological polar surface area (TPSA) is 47.8 Å². The summed E-state index contributed by atoms with van der Waals surface area (Å²) in [5.41, 5.74) is 2.28. The number of thiophene rings is 1. The Bertz CT molecular complexity index is 991. The number of nitrogens with zero attached hydrogens (tertiary/aromatic N) is 3. The van der Waals surface area contributed by atoms with Gasteiger partial charge in [-0.25, -0.2) is 4.98 Å². The van der Waals surface area contributed by atoms with Gasteiger partial charge in [0.05, 0.1) is 17.4 Å². The predicted molar refractivity (Wildman–Crippen MR) is 88.4 cm³/mol. The minimum atomic E-state index is -0.0631. The van der Waals surface area contributed by atoms with Crippen LogP contribution in [0, 0.1) is 0 Å². The average molecular weight is 305 g/mol. The molecule has 0 fully saturated rings. The van der Waals surface area contributed by atoms with Gasteiger partial charge in [-0.3, -0.25) is 14.3 Å². The largest absolute Gasteiger partial charge is 0.276 e. The van der Waals surface area contributed by atoms with E-state index in [1.807, 2.05) is 53.9 Å². The molecule has 22 heavy (non-hydrogen) atoms. The molecular formula is C17H11N3OS. The third-order valence-corrected chi connectivity index (χ3v) is 4.31. The summed E-state index contributed by atoms with van der Waals surface area (Å²) in [4.78, 5) is 21.7. The molecule has 3 aromatic heterocycles. The highest BCUT2D eigenvalue weighted by molar-refractivity contribution is 7.17. The lowest BCUT2D eigenvalue weighted by Gasteiger charge is -2.12. The molecule has 0 saturated carbocycles. The molecule has 0 N–H and O–H groups in total. The minimum absolute atomic E-state index is 0.0631. The van der Waals surface area contributed by atoms with Crippen LogP contribution in [0.15, 0.2) is 71.1 Å². The van der Waals surface area contributed by atoms with Crippen LogP contribution in [0.5, 0.6) is 0 Å². The maximum atomic E-state index is 12.9. The fourth-order valence-corrected chi connectivity index (χ4v) is 3.18. The maximum Gasteiger partial charge on any atom is 0.276 e. The second-order valence-corrected chi connectivity index (χ2v) is 5.70. The molecule has 1 aromatic carbocycles. The summed E-state index contributed by atoms with van der Waals surface area (Å²) in [5.74, 6) is 0.629. The molecule has 0 spiro atoms. The molecule has 0 aliphatic rings. The molecule has 0 saturated heterocycles. The van der Waals surface area contributed by atoms with Crippen molar-refractivity contribution in [2.45, 2.75) is 0 Å². The Morgan fingerprint density at radius 1 is 1.00 bits per heavy atom.